The monoisotopic (exact) mass is 326 g/mol. The predicted molar refractivity (Wildman–Crippen MR) is 98.0 cm³/mol. The third kappa shape index (κ3) is 4.13. The van der Waals surface area contributed by atoms with E-state index in [0.717, 1.165) is 48.9 Å². The Hall–Kier alpha value is -1.91. The fourth-order valence-corrected chi connectivity index (χ4v) is 3.47. The summed E-state index contributed by atoms with van der Waals surface area (Å²) in [5.41, 5.74) is 0.880. The molecule has 0 bridgehead atoms. The number of carbonyl (C=O) groups excluding carboxylic acids is 1. The van der Waals surface area contributed by atoms with Gasteiger partial charge in [0.1, 0.15) is 0 Å². The molecule has 0 radical (unpaired) electrons. The Morgan fingerprint density at radius 2 is 1.92 bits per heavy atom. The molecule has 2 aromatic carbocycles. The van der Waals surface area contributed by atoms with Crippen LogP contribution in [0.5, 0.6) is 0 Å². The lowest BCUT2D eigenvalue weighted by Crippen LogP contribution is -2.38. The molecule has 1 heterocycles. The van der Waals surface area contributed by atoms with Crippen LogP contribution in [0.4, 0.5) is 5.69 Å². The van der Waals surface area contributed by atoms with Crippen molar-refractivity contribution in [3.63, 3.8) is 0 Å². The normalized spacial score (nSPS) is 17.8. The van der Waals surface area contributed by atoms with Crippen molar-refractivity contribution < 1.29 is 9.90 Å². The number of benzene rings is 2. The number of fused-ring (bicyclic) bond motifs is 1. The molecule has 1 fully saturated rings. The summed E-state index contributed by atoms with van der Waals surface area (Å²) in [4.78, 5) is 14.6. The average molecular weight is 326 g/mol. The number of piperidine rings is 1. The summed E-state index contributed by atoms with van der Waals surface area (Å²) < 4.78 is 0. The molecule has 0 spiro atoms. The highest BCUT2D eigenvalue weighted by atomic mass is 16.3. The van der Waals surface area contributed by atoms with E-state index in [-0.39, 0.29) is 12.0 Å². The summed E-state index contributed by atoms with van der Waals surface area (Å²) in [6.07, 6.45) is 2.31. The SMILES string of the molecule is CC(O)C1CCN(CCC(=O)Nc2cccc3ccccc23)CC1. The van der Waals surface area contributed by atoms with Gasteiger partial charge in [-0.25, -0.2) is 0 Å². The number of rotatable bonds is 5. The summed E-state index contributed by atoms with van der Waals surface area (Å²) in [5, 5.41) is 14.9. The Morgan fingerprint density at radius 3 is 2.67 bits per heavy atom. The van der Waals surface area contributed by atoms with E-state index in [1.807, 2.05) is 37.3 Å². The van der Waals surface area contributed by atoms with Crippen LogP contribution in [0.1, 0.15) is 26.2 Å². The van der Waals surface area contributed by atoms with Gasteiger partial charge in [0, 0.05) is 24.0 Å². The standard InChI is InChI=1S/C20H26N2O2/c1-15(23)16-9-12-22(13-10-16)14-11-20(24)21-19-8-4-6-17-5-2-3-7-18(17)19/h2-8,15-16,23H,9-14H2,1H3,(H,21,24). The van der Waals surface area contributed by atoms with Crippen molar-refractivity contribution in [3.8, 4) is 0 Å². The summed E-state index contributed by atoms with van der Waals surface area (Å²) in [7, 11) is 0. The van der Waals surface area contributed by atoms with Gasteiger partial charge in [0.25, 0.3) is 0 Å². The first kappa shape index (κ1) is 16.9. The van der Waals surface area contributed by atoms with E-state index in [4.69, 9.17) is 0 Å². The van der Waals surface area contributed by atoms with Gasteiger partial charge in [-0.2, -0.15) is 0 Å². The smallest absolute Gasteiger partial charge is 0.225 e. The van der Waals surface area contributed by atoms with Crippen molar-refractivity contribution in [2.24, 2.45) is 5.92 Å². The van der Waals surface area contributed by atoms with Crippen LogP contribution in [-0.4, -0.2) is 41.7 Å². The Balaban J connectivity index is 1.51. The molecule has 24 heavy (non-hydrogen) atoms. The first-order valence-electron chi connectivity index (χ1n) is 8.81. The average Bonchev–Trinajstić information content (AvgIpc) is 2.61. The lowest BCUT2D eigenvalue weighted by atomic mass is 9.92. The van der Waals surface area contributed by atoms with Crippen molar-refractivity contribution in [2.75, 3.05) is 25.0 Å². The Morgan fingerprint density at radius 1 is 1.21 bits per heavy atom. The Labute approximate surface area is 143 Å². The van der Waals surface area contributed by atoms with Crippen LogP contribution in [0.25, 0.3) is 10.8 Å². The van der Waals surface area contributed by atoms with E-state index in [1.54, 1.807) is 0 Å². The Bertz CT molecular complexity index is 686. The van der Waals surface area contributed by atoms with Gasteiger partial charge in [0.05, 0.1) is 6.10 Å². The molecule has 1 amide bonds. The van der Waals surface area contributed by atoms with Crippen LogP contribution < -0.4 is 5.32 Å². The fourth-order valence-electron chi connectivity index (χ4n) is 3.47. The molecule has 4 heteroatoms. The lowest BCUT2D eigenvalue weighted by molar-refractivity contribution is -0.116. The molecular weight excluding hydrogens is 300 g/mol. The van der Waals surface area contributed by atoms with Crippen LogP contribution in [0.2, 0.25) is 0 Å². The molecule has 2 N–H and O–H groups in total. The van der Waals surface area contributed by atoms with Gasteiger partial charge in [-0.05, 0) is 50.2 Å². The summed E-state index contributed by atoms with van der Waals surface area (Å²) in [6, 6.07) is 14.1. The largest absolute Gasteiger partial charge is 0.393 e. The van der Waals surface area contributed by atoms with Gasteiger partial charge in [0.2, 0.25) is 5.91 Å². The first-order valence-corrected chi connectivity index (χ1v) is 8.81. The minimum Gasteiger partial charge on any atom is -0.393 e. The van der Waals surface area contributed by atoms with Crippen molar-refractivity contribution in [2.45, 2.75) is 32.3 Å². The quantitative estimate of drug-likeness (QED) is 0.887. The second-order valence-electron chi connectivity index (χ2n) is 6.74. The molecule has 1 atom stereocenters. The van der Waals surface area contributed by atoms with Crippen LogP contribution in [-0.2, 0) is 4.79 Å². The van der Waals surface area contributed by atoms with Crippen LogP contribution in [0.15, 0.2) is 42.5 Å². The molecule has 0 aromatic heterocycles. The fraction of sp³-hybridized carbons (Fsp3) is 0.450. The van der Waals surface area contributed by atoms with Gasteiger partial charge < -0.3 is 15.3 Å². The molecular formula is C20H26N2O2. The van der Waals surface area contributed by atoms with Crippen molar-refractivity contribution in [3.05, 3.63) is 42.5 Å². The number of hydrogen-bond donors (Lipinski definition) is 2. The number of hydrogen-bond acceptors (Lipinski definition) is 3. The molecule has 4 nitrogen and oxygen atoms in total. The maximum Gasteiger partial charge on any atom is 0.225 e. The highest BCUT2D eigenvalue weighted by molar-refractivity contribution is 6.02. The minimum atomic E-state index is -0.221. The second-order valence-corrected chi connectivity index (χ2v) is 6.74. The number of nitrogens with zero attached hydrogens (tertiary/aromatic N) is 1. The van der Waals surface area contributed by atoms with Gasteiger partial charge in [-0.15, -0.1) is 0 Å². The number of likely N-dealkylation sites (tertiary alicyclic amines) is 1. The van der Waals surface area contributed by atoms with Gasteiger partial charge in [0.15, 0.2) is 0 Å². The zero-order valence-corrected chi connectivity index (χ0v) is 14.2. The number of amides is 1. The Kier molecular flexibility index (Phi) is 5.48. The first-order chi connectivity index (χ1) is 11.6. The highest BCUT2D eigenvalue weighted by Gasteiger charge is 2.22. The molecule has 2 aromatic rings. The van der Waals surface area contributed by atoms with Crippen LogP contribution in [0.3, 0.4) is 0 Å². The summed E-state index contributed by atoms with van der Waals surface area (Å²) >= 11 is 0. The van der Waals surface area contributed by atoms with Crippen LogP contribution in [0, 0.1) is 5.92 Å². The zero-order valence-electron chi connectivity index (χ0n) is 14.2. The van der Waals surface area contributed by atoms with Gasteiger partial charge in [-0.3, -0.25) is 4.79 Å². The van der Waals surface area contributed by atoms with Crippen molar-refractivity contribution in [1.29, 1.82) is 0 Å². The van der Waals surface area contributed by atoms with Crippen molar-refractivity contribution >= 4 is 22.4 Å². The number of nitrogens with one attached hydrogen (secondary N) is 1. The van der Waals surface area contributed by atoms with E-state index in [0.29, 0.717) is 12.3 Å². The number of anilines is 1. The maximum absolute atomic E-state index is 12.3. The van der Waals surface area contributed by atoms with E-state index in [9.17, 15) is 9.90 Å². The molecule has 3 rings (SSSR count). The summed E-state index contributed by atoms with van der Waals surface area (Å²) in [6.45, 7) is 4.59. The van der Waals surface area contributed by atoms with Gasteiger partial charge in [-0.1, -0.05) is 36.4 Å². The molecule has 0 aliphatic carbocycles. The molecule has 1 saturated heterocycles. The highest BCUT2D eigenvalue weighted by Crippen LogP contribution is 2.23. The molecule has 0 saturated carbocycles. The van der Waals surface area contributed by atoms with E-state index < -0.39 is 0 Å². The third-order valence-electron chi connectivity index (χ3n) is 5.03. The van der Waals surface area contributed by atoms with Gasteiger partial charge >= 0.3 is 0 Å². The van der Waals surface area contributed by atoms with Crippen molar-refractivity contribution in [1.82, 2.24) is 4.90 Å². The molecule has 1 aliphatic rings. The number of carbonyl (C=O) groups is 1. The van der Waals surface area contributed by atoms with Crippen LogP contribution >= 0.6 is 0 Å². The molecule has 1 unspecified atom stereocenters. The predicted octanol–water partition coefficient (Wildman–Crippen LogP) is 3.26. The summed E-state index contributed by atoms with van der Waals surface area (Å²) in [5.74, 6) is 0.467. The van der Waals surface area contributed by atoms with E-state index in [1.165, 1.54) is 0 Å². The van der Waals surface area contributed by atoms with E-state index in [2.05, 4.69) is 22.3 Å². The third-order valence-corrected chi connectivity index (χ3v) is 5.03. The minimum absolute atomic E-state index is 0.0593. The lowest BCUT2D eigenvalue weighted by Gasteiger charge is -2.33. The molecule has 128 valence electrons. The zero-order chi connectivity index (χ0) is 16.9. The van der Waals surface area contributed by atoms with E-state index >= 15 is 0 Å². The molecule has 1 aliphatic heterocycles. The maximum atomic E-state index is 12.3. The number of aliphatic hydroxyl groups is 1. The topological polar surface area (TPSA) is 52.6 Å². The second kappa shape index (κ2) is 7.77. The number of aliphatic hydroxyl groups excluding tert-OH is 1.